The lowest BCUT2D eigenvalue weighted by atomic mass is 10.2. The molecule has 1 aromatic carbocycles. The maximum Gasteiger partial charge on any atom is 0.197 e. The minimum absolute atomic E-state index is 0.00356. The number of aldehydes is 1. The zero-order chi connectivity index (χ0) is 11.1. The first-order chi connectivity index (χ1) is 7.22. The second kappa shape index (κ2) is 5.93. The van der Waals surface area contributed by atoms with Crippen LogP contribution in [0.5, 0.6) is 5.75 Å². The Hall–Kier alpha value is -1.68. The van der Waals surface area contributed by atoms with Crippen LogP contribution in [0.4, 0.5) is 0 Å². The van der Waals surface area contributed by atoms with Gasteiger partial charge in [-0.2, -0.15) is 0 Å². The number of aliphatic hydroxyl groups excluding tert-OH is 1. The molecule has 0 aliphatic carbocycles. The molecule has 0 aromatic heterocycles. The van der Waals surface area contributed by atoms with Crippen molar-refractivity contribution in [1.82, 2.24) is 0 Å². The zero-order valence-corrected chi connectivity index (χ0v) is 8.13. The van der Waals surface area contributed by atoms with Crippen molar-refractivity contribution in [2.75, 3.05) is 6.61 Å². The van der Waals surface area contributed by atoms with Gasteiger partial charge < -0.3 is 9.84 Å². The van der Waals surface area contributed by atoms with Crippen LogP contribution in [0.1, 0.15) is 6.42 Å². The predicted molar refractivity (Wildman–Crippen MR) is 53.6 cm³/mol. The summed E-state index contributed by atoms with van der Waals surface area (Å²) < 4.78 is 5.20. The fourth-order valence-electron chi connectivity index (χ4n) is 1.05. The van der Waals surface area contributed by atoms with Crippen LogP contribution in [-0.4, -0.2) is 29.9 Å². The number of hydrogen-bond acceptors (Lipinski definition) is 4. The number of para-hydroxylation sites is 1. The fraction of sp³-hybridized carbons (Fsp3) is 0.273. The molecule has 0 saturated heterocycles. The largest absolute Gasteiger partial charge is 0.491 e. The first-order valence-electron chi connectivity index (χ1n) is 4.56. The Morgan fingerprint density at radius 1 is 1.40 bits per heavy atom. The van der Waals surface area contributed by atoms with Gasteiger partial charge in [0.05, 0.1) is 6.10 Å². The molecule has 0 amide bonds. The highest BCUT2D eigenvalue weighted by Gasteiger charge is 2.10. The van der Waals surface area contributed by atoms with Crippen molar-refractivity contribution >= 4 is 12.1 Å². The molecular formula is C11H12O4. The van der Waals surface area contributed by atoms with Crippen LogP contribution < -0.4 is 4.74 Å². The summed E-state index contributed by atoms with van der Waals surface area (Å²) in [6, 6.07) is 8.94. The maximum atomic E-state index is 10.6. The number of aliphatic hydroxyl groups is 1. The molecule has 1 N–H and O–H groups in total. The van der Waals surface area contributed by atoms with Crippen molar-refractivity contribution in [1.29, 1.82) is 0 Å². The molecule has 0 radical (unpaired) electrons. The second-order valence-electron chi connectivity index (χ2n) is 3.07. The number of hydrogen-bond donors (Lipinski definition) is 1. The Morgan fingerprint density at radius 3 is 2.67 bits per heavy atom. The third-order valence-corrected chi connectivity index (χ3v) is 1.75. The zero-order valence-electron chi connectivity index (χ0n) is 8.13. The van der Waals surface area contributed by atoms with Crippen LogP contribution in [0.3, 0.4) is 0 Å². The van der Waals surface area contributed by atoms with Crippen LogP contribution in [0.2, 0.25) is 0 Å². The molecule has 0 aliphatic rings. The highest BCUT2D eigenvalue weighted by molar-refractivity contribution is 6.25. The molecule has 4 heteroatoms. The Morgan fingerprint density at radius 2 is 2.07 bits per heavy atom. The molecule has 1 unspecified atom stereocenters. The predicted octanol–water partition coefficient (Wildman–Crippen LogP) is 0.584. The number of rotatable bonds is 6. The molecule has 15 heavy (non-hydrogen) atoms. The average Bonchev–Trinajstić information content (AvgIpc) is 2.27. The summed E-state index contributed by atoms with van der Waals surface area (Å²) in [7, 11) is 0. The molecule has 0 spiro atoms. The summed E-state index contributed by atoms with van der Waals surface area (Å²) in [5, 5.41) is 9.31. The van der Waals surface area contributed by atoms with E-state index in [1.807, 2.05) is 6.07 Å². The lowest BCUT2D eigenvalue weighted by Gasteiger charge is -2.10. The summed E-state index contributed by atoms with van der Waals surface area (Å²) in [4.78, 5) is 20.7. The molecule has 0 heterocycles. The first-order valence-corrected chi connectivity index (χ1v) is 4.56. The van der Waals surface area contributed by atoms with E-state index < -0.39 is 11.9 Å². The first kappa shape index (κ1) is 11.4. The lowest BCUT2D eigenvalue weighted by molar-refractivity contribution is -0.131. The monoisotopic (exact) mass is 208 g/mol. The van der Waals surface area contributed by atoms with Crippen LogP contribution in [-0.2, 0) is 9.59 Å². The molecule has 1 rings (SSSR count). The van der Waals surface area contributed by atoms with Gasteiger partial charge in [-0.05, 0) is 12.1 Å². The van der Waals surface area contributed by atoms with Gasteiger partial charge >= 0.3 is 0 Å². The minimum Gasteiger partial charge on any atom is -0.491 e. The molecule has 4 nitrogen and oxygen atoms in total. The summed E-state index contributed by atoms with van der Waals surface area (Å²) in [5.41, 5.74) is 0. The van der Waals surface area contributed by atoms with Crippen LogP contribution in [0, 0.1) is 0 Å². The minimum atomic E-state index is -0.942. The SMILES string of the molecule is O=CC(=O)CC(O)COc1ccccc1. The Bertz CT molecular complexity index is 321. The van der Waals surface area contributed by atoms with Crippen LogP contribution in [0.25, 0.3) is 0 Å². The number of benzene rings is 1. The number of carbonyl (C=O) groups is 2. The van der Waals surface area contributed by atoms with E-state index in [1.54, 1.807) is 24.3 Å². The Balaban J connectivity index is 2.31. The van der Waals surface area contributed by atoms with Crippen molar-refractivity contribution in [2.24, 2.45) is 0 Å². The number of ketones is 1. The van der Waals surface area contributed by atoms with Crippen molar-refractivity contribution in [3.8, 4) is 5.75 Å². The van der Waals surface area contributed by atoms with E-state index in [9.17, 15) is 14.7 Å². The van der Waals surface area contributed by atoms with Gasteiger partial charge in [0.25, 0.3) is 0 Å². The molecule has 80 valence electrons. The standard InChI is InChI=1S/C11H12O4/c12-7-9(13)6-10(14)8-15-11-4-2-1-3-5-11/h1-5,7,10,14H,6,8H2. The summed E-state index contributed by atoms with van der Waals surface area (Å²) in [5.74, 6) is -0.00531. The van der Waals surface area contributed by atoms with E-state index in [2.05, 4.69) is 0 Å². The quantitative estimate of drug-likeness (QED) is 0.548. The lowest BCUT2D eigenvalue weighted by Crippen LogP contribution is -2.21. The molecule has 0 fully saturated rings. The molecule has 1 aromatic rings. The fourth-order valence-corrected chi connectivity index (χ4v) is 1.05. The van der Waals surface area contributed by atoms with Crippen molar-refractivity contribution in [3.63, 3.8) is 0 Å². The van der Waals surface area contributed by atoms with E-state index in [0.717, 1.165) is 0 Å². The van der Waals surface area contributed by atoms with Gasteiger partial charge in [0.1, 0.15) is 12.4 Å². The van der Waals surface area contributed by atoms with E-state index in [-0.39, 0.29) is 19.3 Å². The highest BCUT2D eigenvalue weighted by Crippen LogP contribution is 2.08. The molecule has 0 saturated carbocycles. The summed E-state index contributed by atoms with van der Waals surface area (Å²) in [6.45, 7) is 0.00356. The molecular weight excluding hydrogens is 196 g/mol. The second-order valence-corrected chi connectivity index (χ2v) is 3.07. The van der Waals surface area contributed by atoms with Gasteiger partial charge in [0.15, 0.2) is 12.1 Å². The van der Waals surface area contributed by atoms with Gasteiger partial charge in [-0.1, -0.05) is 18.2 Å². The van der Waals surface area contributed by atoms with Crippen molar-refractivity contribution < 1.29 is 19.4 Å². The van der Waals surface area contributed by atoms with Gasteiger partial charge in [0.2, 0.25) is 0 Å². The number of ether oxygens (including phenoxy) is 1. The van der Waals surface area contributed by atoms with Gasteiger partial charge in [-0.15, -0.1) is 0 Å². The molecule has 1 atom stereocenters. The molecule has 0 aliphatic heterocycles. The topological polar surface area (TPSA) is 63.6 Å². The Kier molecular flexibility index (Phi) is 4.50. The third-order valence-electron chi connectivity index (χ3n) is 1.75. The van der Waals surface area contributed by atoms with Crippen molar-refractivity contribution in [2.45, 2.75) is 12.5 Å². The maximum absolute atomic E-state index is 10.6. The van der Waals surface area contributed by atoms with Crippen LogP contribution >= 0.6 is 0 Å². The summed E-state index contributed by atoms with van der Waals surface area (Å²) >= 11 is 0. The van der Waals surface area contributed by atoms with Gasteiger partial charge in [0, 0.05) is 6.42 Å². The van der Waals surface area contributed by atoms with Crippen LogP contribution in [0.15, 0.2) is 30.3 Å². The van der Waals surface area contributed by atoms with E-state index in [0.29, 0.717) is 5.75 Å². The number of carbonyl (C=O) groups excluding carboxylic acids is 2. The molecule has 0 bridgehead atoms. The van der Waals surface area contributed by atoms with E-state index in [4.69, 9.17) is 4.74 Å². The highest BCUT2D eigenvalue weighted by atomic mass is 16.5. The Labute approximate surface area is 87.5 Å². The van der Waals surface area contributed by atoms with Gasteiger partial charge in [-0.25, -0.2) is 0 Å². The van der Waals surface area contributed by atoms with E-state index >= 15 is 0 Å². The van der Waals surface area contributed by atoms with E-state index in [1.165, 1.54) is 0 Å². The summed E-state index contributed by atoms with van der Waals surface area (Å²) in [6.07, 6.45) is -0.940. The third kappa shape index (κ3) is 4.37. The normalized spacial score (nSPS) is 11.8. The van der Waals surface area contributed by atoms with Crippen molar-refractivity contribution in [3.05, 3.63) is 30.3 Å². The average molecular weight is 208 g/mol. The van der Waals surface area contributed by atoms with Gasteiger partial charge in [-0.3, -0.25) is 9.59 Å². The number of Topliss-reactive ketones (excluding diaryl/α,β-unsaturated/α-hetero) is 1. The smallest absolute Gasteiger partial charge is 0.197 e.